The zero-order valence-corrected chi connectivity index (χ0v) is 10.5. The van der Waals surface area contributed by atoms with Crippen LogP contribution in [-0.2, 0) is 0 Å². The summed E-state index contributed by atoms with van der Waals surface area (Å²) in [5.74, 6) is 0. The summed E-state index contributed by atoms with van der Waals surface area (Å²) in [6.45, 7) is 3.39. The van der Waals surface area contributed by atoms with Crippen LogP contribution in [0.1, 0.15) is 39.0 Å². The highest BCUT2D eigenvalue weighted by atomic mass is 16.3. The smallest absolute Gasteiger partial charge is 0.317 e. The first-order chi connectivity index (χ1) is 7.63. The summed E-state index contributed by atoms with van der Waals surface area (Å²) in [5, 5.41) is 11.7. The molecule has 1 saturated carbocycles. The molecule has 0 aliphatic heterocycles. The van der Waals surface area contributed by atoms with Crippen LogP contribution in [0.25, 0.3) is 0 Å². The van der Waals surface area contributed by atoms with Gasteiger partial charge < -0.3 is 15.3 Å². The molecule has 0 unspecified atom stereocenters. The highest BCUT2D eigenvalue weighted by molar-refractivity contribution is 5.73. The maximum atomic E-state index is 11.7. The molecule has 0 atom stereocenters. The van der Waals surface area contributed by atoms with Crippen LogP contribution in [0, 0.1) is 5.41 Å². The molecule has 0 bridgehead atoms. The molecule has 0 radical (unpaired) electrons. The second kappa shape index (κ2) is 6.09. The molecule has 1 aliphatic carbocycles. The first-order valence-electron chi connectivity index (χ1n) is 6.23. The van der Waals surface area contributed by atoms with Gasteiger partial charge in [0.2, 0.25) is 0 Å². The lowest BCUT2D eigenvalue weighted by atomic mass is 9.83. The van der Waals surface area contributed by atoms with Gasteiger partial charge in [0.15, 0.2) is 0 Å². The number of hydrogen-bond donors (Lipinski definition) is 2. The summed E-state index contributed by atoms with van der Waals surface area (Å²) in [4.78, 5) is 13.2. The lowest BCUT2D eigenvalue weighted by molar-refractivity contribution is 0.181. The second-order valence-electron chi connectivity index (χ2n) is 4.86. The largest absolute Gasteiger partial charge is 0.395 e. The fraction of sp³-hybridized carbons (Fsp3) is 0.917. The van der Waals surface area contributed by atoms with Gasteiger partial charge in [0.05, 0.1) is 6.61 Å². The van der Waals surface area contributed by atoms with E-state index in [1.807, 2.05) is 0 Å². The van der Waals surface area contributed by atoms with Gasteiger partial charge in [0, 0.05) is 20.1 Å². The number of amides is 2. The molecule has 4 nitrogen and oxygen atoms in total. The molecular formula is C12H24N2O2. The van der Waals surface area contributed by atoms with Crippen LogP contribution >= 0.6 is 0 Å². The number of hydrogen-bond acceptors (Lipinski definition) is 2. The summed E-state index contributed by atoms with van der Waals surface area (Å²) in [7, 11) is 1.71. The predicted molar refractivity (Wildman–Crippen MR) is 64.3 cm³/mol. The van der Waals surface area contributed by atoms with Crippen molar-refractivity contribution in [1.29, 1.82) is 0 Å². The summed E-state index contributed by atoms with van der Waals surface area (Å²) in [5.41, 5.74) is 0.329. The standard InChI is InChI=1S/C12H24N2O2/c1-3-12(6-4-5-7-12)10-13-11(16)14(2)8-9-15/h15H,3-10H2,1-2H3,(H,13,16). The summed E-state index contributed by atoms with van der Waals surface area (Å²) in [6.07, 6.45) is 6.17. The average Bonchev–Trinajstić information content (AvgIpc) is 2.75. The molecule has 2 N–H and O–H groups in total. The van der Waals surface area contributed by atoms with Crippen molar-refractivity contribution in [2.24, 2.45) is 5.41 Å². The van der Waals surface area contributed by atoms with E-state index in [1.165, 1.54) is 30.6 Å². The van der Waals surface area contributed by atoms with E-state index in [1.54, 1.807) is 7.05 Å². The van der Waals surface area contributed by atoms with Crippen molar-refractivity contribution in [2.45, 2.75) is 39.0 Å². The molecule has 1 aliphatic rings. The number of carbonyl (C=O) groups is 1. The van der Waals surface area contributed by atoms with Crippen LogP contribution in [0.3, 0.4) is 0 Å². The zero-order chi connectivity index (χ0) is 12.0. The number of aliphatic hydroxyl groups excluding tert-OH is 1. The van der Waals surface area contributed by atoms with Gasteiger partial charge in [-0.2, -0.15) is 0 Å². The van der Waals surface area contributed by atoms with Gasteiger partial charge in [0.25, 0.3) is 0 Å². The van der Waals surface area contributed by atoms with Gasteiger partial charge in [-0.15, -0.1) is 0 Å². The lowest BCUT2D eigenvalue weighted by Crippen LogP contribution is -2.43. The quantitative estimate of drug-likeness (QED) is 0.751. The van der Waals surface area contributed by atoms with E-state index >= 15 is 0 Å². The Morgan fingerprint density at radius 3 is 2.56 bits per heavy atom. The minimum Gasteiger partial charge on any atom is -0.395 e. The first kappa shape index (κ1) is 13.3. The van der Waals surface area contributed by atoms with Crippen molar-refractivity contribution < 1.29 is 9.90 Å². The van der Waals surface area contributed by atoms with Crippen molar-refractivity contribution in [3.8, 4) is 0 Å². The topological polar surface area (TPSA) is 52.6 Å². The van der Waals surface area contributed by atoms with Gasteiger partial charge in [-0.05, 0) is 24.7 Å². The molecule has 1 fully saturated rings. The van der Waals surface area contributed by atoms with Gasteiger partial charge in [-0.1, -0.05) is 19.8 Å². The zero-order valence-electron chi connectivity index (χ0n) is 10.5. The average molecular weight is 228 g/mol. The van der Waals surface area contributed by atoms with Crippen molar-refractivity contribution in [3.05, 3.63) is 0 Å². The summed E-state index contributed by atoms with van der Waals surface area (Å²) >= 11 is 0. The highest BCUT2D eigenvalue weighted by Gasteiger charge is 2.32. The summed E-state index contributed by atoms with van der Waals surface area (Å²) in [6, 6.07) is -0.0752. The number of aliphatic hydroxyl groups is 1. The number of carbonyl (C=O) groups excluding carboxylic acids is 1. The number of nitrogens with zero attached hydrogens (tertiary/aromatic N) is 1. The third-order valence-electron chi connectivity index (χ3n) is 3.81. The Bertz CT molecular complexity index is 225. The van der Waals surface area contributed by atoms with E-state index in [4.69, 9.17) is 5.11 Å². The van der Waals surface area contributed by atoms with Crippen LogP contribution < -0.4 is 5.32 Å². The molecule has 94 valence electrons. The Labute approximate surface area is 98.0 Å². The molecular weight excluding hydrogens is 204 g/mol. The fourth-order valence-corrected chi connectivity index (χ4v) is 2.43. The predicted octanol–water partition coefficient (Wildman–Crippen LogP) is 1.59. The van der Waals surface area contributed by atoms with E-state index in [0.29, 0.717) is 12.0 Å². The third kappa shape index (κ3) is 3.37. The maximum absolute atomic E-state index is 11.7. The van der Waals surface area contributed by atoms with Gasteiger partial charge in [-0.25, -0.2) is 4.79 Å². The number of rotatable bonds is 5. The highest BCUT2D eigenvalue weighted by Crippen LogP contribution is 2.40. The van der Waals surface area contributed by atoms with E-state index in [0.717, 1.165) is 13.0 Å². The molecule has 0 aromatic heterocycles. The van der Waals surface area contributed by atoms with Gasteiger partial charge >= 0.3 is 6.03 Å². The molecule has 2 amide bonds. The number of likely N-dealkylation sites (N-methyl/N-ethyl adjacent to an activating group) is 1. The van der Waals surface area contributed by atoms with E-state index in [9.17, 15) is 4.79 Å². The Hall–Kier alpha value is -0.770. The van der Waals surface area contributed by atoms with Gasteiger partial charge in [-0.3, -0.25) is 0 Å². The van der Waals surface area contributed by atoms with Crippen LogP contribution in [0.15, 0.2) is 0 Å². The molecule has 16 heavy (non-hydrogen) atoms. The van der Waals surface area contributed by atoms with Crippen LogP contribution in [-0.4, -0.2) is 42.8 Å². The minimum absolute atomic E-state index is 0.0167. The molecule has 1 rings (SSSR count). The summed E-state index contributed by atoms with van der Waals surface area (Å²) < 4.78 is 0. The van der Waals surface area contributed by atoms with E-state index in [-0.39, 0.29) is 12.6 Å². The van der Waals surface area contributed by atoms with Crippen LogP contribution in [0.4, 0.5) is 4.79 Å². The Kier molecular flexibility index (Phi) is 5.06. The molecule has 0 saturated heterocycles. The van der Waals surface area contributed by atoms with Crippen molar-refractivity contribution in [3.63, 3.8) is 0 Å². The molecule has 4 heteroatoms. The van der Waals surface area contributed by atoms with Crippen molar-refractivity contribution in [1.82, 2.24) is 10.2 Å². The van der Waals surface area contributed by atoms with E-state index < -0.39 is 0 Å². The number of nitrogens with one attached hydrogen (secondary N) is 1. The Balaban J connectivity index is 2.35. The first-order valence-corrected chi connectivity index (χ1v) is 6.23. The Morgan fingerprint density at radius 1 is 1.44 bits per heavy atom. The molecule has 0 aromatic rings. The SMILES string of the molecule is CCC1(CNC(=O)N(C)CCO)CCCC1. The third-order valence-corrected chi connectivity index (χ3v) is 3.81. The monoisotopic (exact) mass is 228 g/mol. The van der Waals surface area contributed by atoms with Crippen molar-refractivity contribution in [2.75, 3.05) is 26.7 Å². The molecule has 0 heterocycles. The van der Waals surface area contributed by atoms with Crippen LogP contribution in [0.5, 0.6) is 0 Å². The van der Waals surface area contributed by atoms with Crippen molar-refractivity contribution >= 4 is 6.03 Å². The minimum atomic E-state index is -0.0752. The second-order valence-corrected chi connectivity index (χ2v) is 4.86. The van der Waals surface area contributed by atoms with Crippen LogP contribution in [0.2, 0.25) is 0 Å². The van der Waals surface area contributed by atoms with Gasteiger partial charge in [0.1, 0.15) is 0 Å². The number of urea groups is 1. The lowest BCUT2D eigenvalue weighted by Gasteiger charge is -2.29. The Morgan fingerprint density at radius 2 is 2.06 bits per heavy atom. The normalized spacial score (nSPS) is 18.4. The van der Waals surface area contributed by atoms with E-state index in [2.05, 4.69) is 12.2 Å². The fourth-order valence-electron chi connectivity index (χ4n) is 2.43. The molecule has 0 spiro atoms. The molecule has 0 aromatic carbocycles. The maximum Gasteiger partial charge on any atom is 0.317 e.